The summed E-state index contributed by atoms with van der Waals surface area (Å²) in [5.74, 6) is -1.59. The van der Waals surface area contributed by atoms with Crippen LogP contribution in [0.1, 0.15) is 52.9 Å². The van der Waals surface area contributed by atoms with Crippen molar-refractivity contribution in [2.75, 3.05) is 39.6 Å². The number of rotatable bonds is 14. The van der Waals surface area contributed by atoms with Gasteiger partial charge in [0.05, 0.1) is 26.4 Å². The molecular formula is C18H31NO9. The topological polar surface area (TPSA) is 118 Å². The lowest BCUT2D eigenvalue weighted by Gasteiger charge is -2.16. The smallest absolute Gasteiger partial charge is 0.463 e. The molecule has 162 valence electrons. The molecule has 0 saturated carbocycles. The van der Waals surface area contributed by atoms with Gasteiger partial charge in [0.2, 0.25) is 0 Å². The summed E-state index contributed by atoms with van der Waals surface area (Å²) in [6.45, 7) is 5.69. The first-order valence-corrected chi connectivity index (χ1v) is 9.41. The first-order chi connectivity index (χ1) is 13.4. The third-order valence-corrected chi connectivity index (χ3v) is 3.28. The zero-order valence-electron chi connectivity index (χ0n) is 16.9. The molecule has 0 aliphatic heterocycles. The highest BCUT2D eigenvalue weighted by molar-refractivity contribution is 5.93. The van der Waals surface area contributed by atoms with Gasteiger partial charge in [-0.1, -0.05) is 31.8 Å². The summed E-state index contributed by atoms with van der Waals surface area (Å²) >= 11 is 0. The van der Waals surface area contributed by atoms with Gasteiger partial charge in [-0.05, 0) is 6.42 Å². The molecule has 0 atom stereocenters. The monoisotopic (exact) mass is 405 g/mol. The number of hydroxylamine groups is 2. The predicted octanol–water partition coefficient (Wildman–Crippen LogP) is 2.00. The minimum absolute atomic E-state index is 0.00796. The van der Waals surface area contributed by atoms with Crippen LogP contribution in [0.4, 0.5) is 4.79 Å². The Labute approximate surface area is 165 Å². The van der Waals surface area contributed by atoms with Gasteiger partial charge in [-0.15, -0.1) is 0 Å². The maximum atomic E-state index is 11.4. The van der Waals surface area contributed by atoms with Gasteiger partial charge in [0.1, 0.15) is 13.2 Å². The van der Waals surface area contributed by atoms with Crippen molar-refractivity contribution in [3.8, 4) is 0 Å². The van der Waals surface area contributed by atoms with Crippen molar-refractivity contribution in [2.24, 2.45) is 0 Å². The van der Waals surface area contributed by atoms with Gasteiger partial charge >= 0.3 is 12.1 Å². The van der Waals surface area contributed by atoms with Gasteiger partial charge in [0, 0.05) is 19.8 Å². The van der Waals surface area contributed by atoms with E-state index in [0.29, 0.717) is 18.1 Å². The first kappa shape index (κ1) is 25.8. The van der Waals surface area contributed by atoms with Gasteiger partial charge in [-0.25, -0.2) is 4.79 Å². The lowest BCUT2D eigenvalue weighted by molar-refractivity contribution is -0.183. The molecule has 0 aliphatic rings. The molecule has 10 heteroatoms. The second-order valence-electron chi connectivity index (χ2n) is 5.65. The summed E-state index contributed by atoms with van der Waals surface area (Å²) in [6, 6.07) is 0. The number of esters is 1. The molecule has 0 rings (SSSR count). The van der Waals surface area contributed by atoms with Crippen LogP contribution in [-0.2, 0) is 38.2 Å². The molecule has 0 N–H and O–H groups in total. The summed E-state index contributed by atoms with van der Waals surface area (Å²) in [5, 5.41) is 0.355. The number of unbranched alkanes of at least 4 members (excludes halogenated alkanes) is 2. The molecule has 0 fully saturated rings. The van der Waals surface area contributed by atoms with Gasteiger partial charge < -0.3 is 18.9 Å². The average Bonchev–Trinajstić information content (AvgIpc) is 2.66. The highest BCUT2D eigenvalue weighted by atomic mass is 16.8. The van der Waals surface area contributed by atoms with E-state index in [4.69, 9.17) is 18.9 Å². The van der Waals surface area contributed by atoms with E-state index < -0.39 is 18.0 Å². The fourth-order valence-electron chi connectivity index (χ4n) is 1.85. The Bertz CT molecular complexity index is 482. The molecule has 2 amide bonds. The maximum absolute atomic E-state index is 11.4. The molecule has 0 aromatic carbocycles. The van der Waals surface area contributed by atoms with Crippen molar-refractivity contribution in [2.45, 2.75) is 52.9 Å². The molecule has 0 bridgehead atoms. The Morgan fingerprint density at radius 3 is 1.89 bits per heavy atom. The van der Waals surface area contributed by atoms with Crippen LogP contribution in [0.3, 0.4) is 0 Å². The highest BCUT2D eigenvalue weighted by Crippen LogP contribution is 2.01. The minimum Gasteiger partial charge on any atom is -0.463 e. The molecule has 0 radical (unpaired) electrons. The Kier molecular flexibility index (Phi) is 15.6. The summed E-state index contributed by atoms with van der Waals surface area (Å²) in [4.78, 5) is 49.9. The molecule has 0 heterocycles. The van der Waals surface area contributed by atoms with Crippen LogP contribution in [0, 0.1) is 0 Å². The van der Waals surface area contributed by atoms with Crippen molar-refractivity contribution in [3.63, 3.8) is 0 Å². The number of carbonyl (C=O) groups excluding carboxylic acids is 4. The standard InChI is InChI=1S/C18H31NO9/c1-4-6-7-8-17(22)26-13-11-24-9-10-25-12-14-27-18(23)28-19(15(3)20)16(21)5-2/h4-14H2,1-3H3. The molecule has 10 nitrogen and oxygen atoms in total. The van der Waals surface area contributed by atoms with Crippen molar-refractivity contribution in [3.05, 3.63) is 0 Å². The molecule has 0 spiro atoms. The van der Waals surface area contributed by atoms with E-state index in [1.54, 1.807) is 0 Å². The van der Waals surface area contributed by atoms with E-state index in [9.17, 15) is 19.2 Å². The van der Waals surface area contributed by atoms with Gasteiger partial charge in [-0.2, -0.15) is 0 Å². The van der Waals surface area contributed by atoms with Crippen LogP contribution in [0.25, 0.3) is 0 Å². The molecule has 28 heavy (non-hydrogen) atoms. The third kappa shape index (κ3) is 13.9. The lowest BCUT2D eigenvalue weighted by atomic mass is 10.2. The zero-order chi connectivity index (χ0) is 21.2. The van der Waals surface area contributed by atoms with Crippen LogP contribution < -0.4 is 0 Å². The van der Waals surface area contributed by atoms with Crippen molar-refractivity contribution >= 4 is 23.9 Å². The normalized spacial score (nSPS) is 10.2. The number of carbonyl (C=O) groups is 4. The number of amides is 2. The van der Waals surface area contributed by atoms with Crippen LogP contribution in [0.15, 0.2) is 0 Å². The van der Waals surface area contributed by atoms with Gasteiger partial charge in [-0.3, -0.25) is 19.2 Å². The molecule has 0 aromatic rings. The maximum Gasteiger partial charge on any atom is 0.534 e. The Balaban J connectivity index is 3.56. The van der Waals surface area contributed by atoms with Crippen molar-refractivity contribution < 1.29 is 43.0 Å². The lowest BCUT2D eigenvalue weighted by Crippen LogP contribution is -2.37. The Morgan fingerprint density at radius 2 is 1.36 bits per heavy atom. The summed E-state index contributed by atoms with van der Waals surface area (Å²) in [5.41, 5.74) is 0. The van der Waals surface area contributed by atoms with Crippen LogP contribution in [0.5, 0.6) is 0 Å². The average molecular weight is 405 g/mol. The van der Waals surface area contributed by atoms with Crippen molar-refractivity contribution in [1.82, 2.24) is 5.06 Å². The largest absolute Gasteiger partial charge is 0.534 e. The SMILES string of the molecule is CCCCCC(=O)OCCOCCOCCOC(=O)ON(C(C)=O)C(=O)CC. The summed E-state index contributed by atoms with van der Waals surface area (Å²) < 4.78 is 20.1. The Morgan fingerprint density at radius 1 is 0.786 bits per heavy atom. The van der Waals surface area contributed by atoms with E-state index >= 15 is 0 Å². The highest BCUT2D eigenvalue weighted by Gasteiger charge is 2.22. The second kappa shape index (κ2) is 16.9. The minimum atomic E-state index is -1.17. The van der Waals surface area contributed by atoms with E-state index in [-0.39, 0.29) is 45.4 Å². The fourth-order valence-corrected chi connectivity index (χ4v) is 1.85. The molecular weight excluding hydrogens is 374 g/mol. The number of hydrogen-bond donors (Lipinski definition) is 0. The number of imide groups is 1. The van der Waals surface area contributed by atoms with E-state index in [2.05, 4.69) is 11.8 Å². The van der Waals surface area contributed by atoms with Gasteiger partial charge in [0.15, 0.2) is 0 Å². The summed E-state index contributed by atoms with van der Waals surface area (Å²) in [6.07, 6.45) is 2.16. The second-order valence-corrected chi connectivity index (χ2v) is 5.65. The number of ether oxygens (including phenoxy) is 4. The quantitative estimate of drug-likeness (QED) is 0.243. The zero-order valence-corrected chi connectivity index (χ0v) is 16.9. The molecule has 0 aliphatic carbocycles. The van der Waals surface area contributed by atoms with Gasteiger partial charge in [0.25, 0.3) is 11.8 Å². The first-order valence-electron chi connectivity index (χ1n) is 9.41. The predicted molar refractivity (Wildman–Crippen MR) is 97.0 cm³/mol. The molecule has 0 aromatic heterocycles. The number of hydrogen-bond acceptors (Lipinski definition) is 9. The van der Waals surface area contributed by atoms with E-state index in [1.807, 2.05) is 0 Å². The third-order valence-electron chi connectivity index (χ3n) is 3.28. The number of nitrogens with zero attached hydrogens (tertiary/aromatic N) is 1. The van der Waals surface area contributed by atoms with E-state index in [0.717, 1.165) is 26.2 Å². The fraction of sp³-hybridized carbons (Fsp3) is 0.778. The van der Waals surface area contributed by atoms with Crippen LogP contribution in [0.2, 0.25) is 0 Å². The molecule has 0 unspecified atom stereocenters. The molecule has 0 saturated heterocycles. The van der Waals surface area contributed by atoms with Crippen molar-refractivity contribution in [1.29, 1.82) is 0 Å². The summed E-state index contributed by atoms with van der Waals surface area (Å²) in [7, 11) is 0. The van der Waals surface area contributed by atoms with Crippen LogP contribution in [-0.4, -0.2) is 68.6 Å². The Hall–Kier alpha value is -2.20. The van der Waals surface area contributed by atoms with E-state index in [1.165, 1.54) is 6.92 Å². The van der Waals surface area contributed by atoms with Crippen LogP contribution >= 0.6 is 0 Å².